The lowest BCUT2D eigenvalue weighted by Gasteiger charge is -2.11. The van der Waals surface area contributed by atoms with Crippen LogP contribution in [-0.2, 0) is 11.3 Å². The first-order valence-corrected chi connectivity index (χ1v) is 6.21. The van der Waals surface area contributed by atoms with E-state index in [4.69, 9.17) is 10.5 Å². The molecule has 8 heteroatoms. The third-order valence-corrected chi connectivity index (χ3v) is 2.56. The van der Waals surface area contributed by atoms with Crippen LogP contribution >= 0.6 is 0 Å². The molecule has 0 amide bonds. The first-order chi connectivity index (χ1) is 9.80. The molecule has 0 aliphatic rings. The van der Waals surface area contributed by atoms with Crippen molar-refractivity contribution in [3.8, 4) is 5.75 Å². The quantitative estimate of drug-likeness (QED) is 0.623. The molecule has 0 saturated carbocycles. The van der Waals surface area contributed by atoms with Gasteiger partial charge in [-0.1, -0.05) is 12.1 Å². The number of benzene rings is 1. The van der Waals surface area contributed by atoms with E-state index in [1.54, 1.807) is 7.11 Å². The lowest BCUT2D eigenvalue weighted by atomic mass is 10.2. The number of halogens is 3. The monoisotopic (exact) mass is 305 g/mol. The molecule has 0 fully saturated rings. The molecule has 0 radical (unpaired) electrons. The lowest BCUT2D eigenvalue weighted by molar-refractivity contribution is -0.274. The highest BCUT2D eigenvalue weighted by Crippen LogP contribution is 2.22. The standard InChI is InChI=1S/C13H18F3N3O2/c1-9(20-2)7-18-12(17)19-8-10-3-5-11(6-4-10)21-13(14,15)16/h3-6,9H,7-8H2,1-2H3,(H3,17,18,19)/t9-/m0/s1. The highest BCUT2D eigenvalue weighted by Gasteiger charge is 2.30. The van der Waals surface area contributed by atoms with Crippen molar-refractivity contribution in [3.63, 3.8) is 0 Å². The minimum absolute atomic E-state index is 0.00227. The summed E-state index contributed by atoms with van der Waals surface area (Å²) in [6.45, 7) is 2.65. The number of hydrogen-bond acceptors (Lipinski definition) is 3. The van der Waals surface area contributed by atoms with Gasteiger partial charge in [0.1, 0.15) is 5.75 Å². The Hall–Kier alpha value is -1.96. The molecule has 3 N–H and O–H groups in total. The Balaban J connectivity index is 2.48. The summed E-state index contributed by atoms with van der Waals surface area (Å²) in [7, 11) is 1.59. The Bertz CT molecular complexity index is 461. The predicted octanol–water partition coefficient (Wildman–Crippen LogP) is 2.02. The average molecular weight is 305 g/mol. The summed E-state index contributed by atoms with van der Waals surface area (Å²) < 4.78 is 44.8. The highest BCUT2D eigenvalue weighted by atomic mass is 19.4. The van der Waals surface area contributed by atoms with Gasteiger partial charge in [-0.3, -0.25) is 0 Å². The minimum Gasteiger partial charge on any atom is -0.406 e. The first-order valence-electron chi connectivity index (χ1n) is 6.21. The zero-order valence-corrected chi connectivity index (χ0v) is 11.8. The fourth-order valence-corrected chi connectivity index (χ4v) is 1.36. The van der Waals surface area contributed by atoms with Gasteiger partial charge in [0.25, 0.3) is 0 Å². The van der Waals surface area contributed by atoms with E-state index in [1.165, 1.54) is 24.3 Å². The third kappa shape index (κ3) is 7.40. The Morgan fingerprint density at radius 3 is 2.48 bits per heavy atom. The van der Waals surface area contributed by atoms with Gasteiger partial charge in [0.2, 0.25) is 0 Å². The summed E-state index contributed by atoms with van der Waals surface area (Å²) in [6, 6.07) is 5.45. The van der Waals surface area contributed by atoms with E-state index < -0.39 is 6.36 Å². The fraction of sp³-hybridized carbons (Fsp3) is 0.462. The van der Waals surface area contributed by atoms with E-state index in [2.05, 4.69) is 15.0 Å². The van der Waals surface area contributed by atoms with Crippen LogP contribution in [0.15, 0.2) is 29.3 Å². The number of nitrogens with zero attached hydrogens (tertiary/aromatic N) is 1. The molecule has 1 aromatic rings. The fourth-order valence-electron chi connectivity index (χ4n) is 1.36. The summed E-state index contributed by atoms with van der Waals surface area (Å²) in [4.78, 5) is 4.07. The van der Waals surface area contributed by atoms with Crippen LogP contribution in [0.5, 0.6) is 5.75 Å². The van der Waals surface area contributed by atoms with E-state index in [9.17, 15) is 13.2 Å². The molecule has 0 saturated heterocycles. The van der Waals surface area contributed by atoms with Gasteiger partial charge in [-0.15, -0.1) is 13.2 Å². The average Bonchev–Trinajstić information content (AvgIpc) is 2.42. The molecule has 0 bridgehead atoms. The molecule has 5 nitrogen and oxygen atoms in total. The summed E-state index contributed by atoms with van der Waals surface area (Å²) in [5, 5.41) is 2.88. The van der Waals surface area contributed by atoms with Gasteiger partial charge in [0.15, 0.2) is 5.96 Å². The number of rotatable bonds is 6. The second-order valence-electron chi connectivity index (χ2n) is 4.32. The topological polar surface area (TPSA) is 68.9 Å². The molecule has 0 spiro atoms. The van der Waals surface area contributed by atoms with Gasteiger partial charge >= 0.3 is 6.36 Å². The van der Waals surface area contributed by atoms with Gasteiger partial charge in [-0.25, -0.2) is 4.99 Å². The van der Waals surface area contributed by atoms with Gasteiger partial charge in [-0.05, 0) is 24.6 Å². The van der Waals surface area contributed by atoms with E-state index in [0.29, 0.717) is 12.1 Å². The van der Waals surface area contributed by atoms with Crippen LogP contribution in [0.4, 0.5) is 13.2 Å². The van der Waals surface area contributed by atoms with Crippen molar-refractivity contribution in [2.75, 3.05) is 13.7 Å². The lowest BCUT2D eigenvalue weighted by Crippen LogP contribution is -2.37. The molecule has 1 aromatic carbocycles. The molecule has 0 unspecified atom stereocenters. The van der Waals surface area contributed by atoms with Gasteiger partial charge in [0.05, 0.1) is 12.6 Å². The Kier molecular flexibility index (Phi) is 6.29. The number of nitrogens with two attached hydrogens (primary N) is 1. The minimum atomic E-state index is -4.69. The van der Waals surface area contributed by atoms with Crippen LogP contribution < -0.4 is 15.8 Å². The zero-order valence-electron chi connectivity index (χ0n) is 11.8. The van der Waals surface area contributed by atoms with Gasteiger partial charge in [0, 0.05) is 13.7 Å². The molecule has 21 heavy (non-hydrogen) atoms. The van der Waals surface area contributed by atoms with Gasteiger partial charge in [-0.2, -0.15) is 0 Å². The molecule has 0 aliphatic carbocycles. The Morgan fingerprint density at radius 1 is 1.33 bits per heavy atom. The van der Waals surface area contributed by atoms with Gasteiger partial charge < -0.3 is 20.5 Å². The number of aliphatic imine (C=N–C) groups is 1. The normalized spacial score (nSPS) is 13.9. The SMILES string of the molecule is CO[C@@H](C)CNC(N)=NCc1ccc(OC(F)(F)F)cc1. The molecule has 0 aliphatic heterocycles. The van der Waals surface area contributed by atoms with Crippen molar-refractivity contribution < 1.29 is 22.6 Å². The number of guanidine groups is 1. The van der Waals surface area contributed by atoms with Crippen LogP contribution in [0.3, 0.4) is 0 Å². The van der Waals surface area contributed by atoms with E-state index in [0.717, 1.165) is 0 Å². The highest BCUT2D eigenvalue weighted by molar-refractivity contribution is 5.77. The van der Waals surface area contributed by atoms with Crippen molar-refractivity contribution in [2.24, 2.45) is 10.7 Å². The molecular formula is C13H18F3N3O2. The Labute approximate surface area is 120 Å². The first kappa shape index (κ1) is 17.1. The van der Waals surface area contributed by atoms with Crippen molar-refractivity contribution >= 4 is 5.96 Å². The van der Waals surface area contributed by atoms with Crippen molar-refractivity contribution in [3.05, 3.63) is 29.8 Å². The van der Waals surface area contributed by atoms with E-state index in [1.807, 2.05) is 6.92 Å². The van der Waals surface area contributed by atoms with Crippen LogP contribution in [0.25, 0.3) is 0 Å². The van der Waals surface area contributed by atoms with Crippen molar-refractivity contribution in [2.45, 2.75) is 25.9 Å². The molecule has 0 aromatic heterocycles. The predicted molar refractivity (Wildman–Crippen MR) is 72.9 cm³/mol. The summed E-state index contributed by atoms with van der Waals surface area (Å²) in [5.41, 5.74) is 6.36. The largest absolute Gasteiger partial charge is 0.573 e. The number of methoxy groups -OCH3 is 1. The number of alkyl halides is 3. The van der Waals surface area contributed by atoms with Crippen LogP contribution in [-0.4, -0.2) is 32.1 Å². The molecule has 0 heterocycles. The Morgan fingerprint density at radius 2 is 1.95 bits per heavy atom. The van der Waals surface area contributed by atoms with E-state index >= 15 is 0 Å². The molecular weight excluding hydrogens is 287 g/mol. The maximum absolute atomic E-state index is 12.0. The van der Waals surface area contributed by atoms with Crippen molar-refractivity contribution in [1.82, 2.24) is 5.32 Å². The molecule has 118 valence electrons. The van der Waals surface area contributed by atoms with Crippen LogP contribution in [0, 0.1) is 0 Å². The maximum Gasteiger partial charge on any atom is 0.573 e. The summed E-state index contributed by atoms with van der Waals surface area (Å²) in [5.74, 6) is -0.0234. The smallest absolute Gasteiger partial charge is 0.406 e. The van der Waals surface area contributed by atoms with E-state index in [-0.39, 0.29) is 24.4 Å². The molecule has 1 rings (SSSR count). The summed E-state index contributed by atoms with van der Waals surface area (Å²) >= 11 is 0. The second-order valence-corrected chi connectivity index (χ2v) is 4.32. The second kappa shape index (κ2) is 7.72. The summed E-state index contributed by atoms with van der Waals surface area (Å²) in [6.07, 6.45) is -4.69. The number of hydrogen-bond donors (Lipinski definition) is 2. The molecule has 1 atom stereocenters. The zero-order chi connectivity index (χ0) is 15.9. The number of ether oxygens (including phenoxy) is 2. The number of nitrogens with one attached hydrogen (secondary N) is 1. The maximum atomic E-state index is 12.0. The van der Waals surface area contributed by atoms with Crippen LogP contribution in [0.2, 0.25) is 0 Å². The third-order valence-electron chi connectivity index (χ3n) is 2.56. The van der Waals surface area contributed by atoms with Crippen molar-refractivity contribution in [1.29, 1.82) is 0 Å². The van der Waals surface area contributed by atoms with Crippen LogP contribution in [0.1, 0.15) is 12.5 Å².